The molecule has 19 heavy (non-hydrogen) atoms. The quantitative estimate of drug-likeness (QED) is 0.901. The molecule has 1 N–H and O–H groups in total. The number of rotatable bonds is 3. The standard InChI is InChI=1S/C17H27NO/c1-12-6-5-7-18(10-12)11-16(19)17-14(3)8-13(2)9-15(17)4/h8-9,12,16,19H,5-7,10-11H2,1-4H3. The lowest BCUT2D eigenvalue weighted by Gasteiger charge is -2.33. The SMILES string of the molecule is Cc1cc(C)c(C(O)CN2CCCC(C)C2)c(C)c1. The summed E-state index contributed by atoms with van der Waals surface area (Å²) in [5.74, 6) is 0.765. The Kier molecular flexibility index (Phi) is 4.64. The summed E-state index contributed by atoms with van der Waals surface area (Å²) in [6.45, 7) is 11.7. The van der Waals surface area contributed by atoms with E-state index in [4.69, 9.17) is 0 Å². The van der Waals surface area contributed by atoms with E-state index in [2.05, 4.69) is 44.7 Å². The second-order valence-electron chi connectivity index (χ2n) is 6.34. The van der Waals surface area contributed by atoms with E-state index in [9.17, 15) is 5.11 Å². The van der Waals surface area contributed by atoms with Crippen molar-refractivity contribution in [3.05, 3.63) is 34.4 Å². The van der Waals surface area contributed by atoms with Crippen LogP contribution in [-0.2, 0) is 0 Å². The fourth-order valence-corrected chi connectivity index (χ4v) is 3.51. The van der Waals surface area contributed by atoms with Crippen LogP contribution in [0.2, 0.25) is 0 Å². The zero-order valence-corrected chi connectivity index (χ0v) is 12.7. The molecule has 2 nitrogen and oxygen atoms in total. The van der Waals surface area contributed by atoms with Gasteiger partial charge in [-0.25, -0.2) is 0 Å². The Hall–Kier alpha value is -0.860. The lowest BCUT2D eigenvalue weighted by Crippen LogP contribution is -2.37. The molecule has 1 aromatic carbocycles. The van der Waals surface area contributed by atoms with Gasteiger partial charge < -0.3 is 10.0 Å². The molecular weight excluding hydrogens is 234 g/mol. The number of likely N-dealkylation sites (tertiary alicyclic amines) is 1. The van der Waals surface area contributed by atoms with Crippen LogP contribution in [0.15, 0.2) is 12.1 Å². The summed E-state index contributed by atoms with van der Waals surface area (Å²) in [6, 6.07) is 4.34. The molecule has 2 unspecified atom stereocenters. The maximum atomic E-state index is 10.6. The number of hydrogen-bond donors (Lipinski definition) is 1. The summed E-state index contributed by atoms with van der Waals surface area (Å²) < 4.78 is 0. The Bertz CT molecular complexity index is 418. The van der Waals surface area contributed by atoms with Crippen LogP contribution in [0.4, 0.5) is 0 Å². The van der Waals surface area contributed by atoms with Crippen molar-refractivity contribution >= 4 is 0 Å². The molecule has 0 spiro atoms. The second kappa shape index (κ2) is 6.06. The Labute approximate surface area is 117 Å². The molecule has 1 saturated heterocycles. The molecule has 2 heteroatoms. The molecule has 0 radical (unpaired) electrons. The van der Waals surface area contributed by atoms with Gasteiger partial charge in [0.25, 0.3) is 0 Å². The topological polar surface area (TPSA) is 23.5 Å². The highest BCUT2D eigenvalue weighted by molar-refractivity contribution is 5.39. The normalized spacial score (nSPS) is 22.5. The fraction of sp³-hybridized carbons (Fsp3) is 0.647. The van der Waals surface area contributed by atoms with Crippen LogP contribution in [0.5, 0.6) is 0 Å². The monoisotopic (exact) mass is 261 g/mol. The predicted octanol–water partition coefficient (Wildman–Crippen LogP) is 3.38. The molecular formula is C17H27NO. The Morgan fingerprint density at radius 1 is 1.26 bits per heavy atom. The maximum Gasteiger partial charge on any atom is 0.0922 e. The van der Waals surface area contributed by atoms with Crippen molar-refractivity contribution in [3.63, 3.8) is 0 Å². The van der Waals surface area contributed by atoms with Gasteiger partial charge in [0.05, 0.1) is 6.10 Å². The third kappa shape index (κ3) is 3.58. The highest BCUT2D eigenvalue weighted by Gasteiger charge is 2.21. The number of aryl methyl sites for hydroxylation is 3. The van der Waals surface area contributed by atoms with Crippen molar-refractivity contribution in [2.24, 2.45) is 5.92 Å². The molecule has 1 aliphatic rings. The lowest BCUT2D eigenvalue weighted by molar-refractivity contribution is 0.0868. The van der Waals surface area contributed by atoms with Crippen LogP contribution in [0.1, 0.15) is 48.1 Å². The first-order chi connectivity index (χ1) is 8.97. The lowest BCUT2D eigenvalue weighted by atomic mass is 9.94. The highest BCUT2D eigenvalue weighted by atomic mass is 16.3. The molecule has 1 fully saturated rings. The first kappa shape index (κ1) is 14.5. The summed E-state index contributed by atoms with van der Waals surface area (Å²) in [5, 5.41) is 10.6. The average Bonchev–Trinajstić information content (AvgIpc) is 2.27. The number of hydrogen-bond acceptors (Lipinski definition) is 2. The van der Waals surface area contributed by atoms with Gasteiger partial charge in [0, 0.05) is 13.1 Å². The van der Waals surface area contributed by atoms with Gasteiger partial charge in [0.1, 0.15) is 0 Å². The van der Waals surface area contributed by atoms with Crippen LogP contribution in [-0.4, -0.2) is 29.6 Å². The number of β-amino-alcohol motifs (C(OH)–C–C–N with tert-alkyl or cyclic N) is 1. The van der Waals surface area contributed by atoms with E-state index < -0.39 is 0 Å². The van der Waals surface area contributed by atoms with Crippen molar-refractivity contribution in [1.29, 1.82) is 0 Å². The molecule has 2 rings (SSSR count). The summed E-state index contributed by atoms with van der Waals surface area (Å²) in [5.41, 5.74) is 4.84. The van der Waals surface area contributed by atoms with Crippen molar-refractivity contribution in [1.82, 2.24) is 4.90 Å². The van der Waals surface area contributed by atoms with Crippen LogP contribution in [0.25, 0.3) is 0 Å². The van der Waals surface area contributed by atoms with E-state index in [0.717, 1.165) is 31.1 Å². The molecule has 1 aromatic rings. The van der Waals surface area contributed by atoms with Crippen molar-refractivity contribution < 1.29 is 5.11 Å². The summed E-state index contributed by atoms with van der Waals surface area (Å²) in [6.07, 6.45) is 2.24. The van der Waals surface area contributed by atoms with Crippen molar-refractivity contribution in [2.75, 3.05) is 19.6 Å². The predicted molar refractivity (Wildman–Crippen MR) is 80.5 cm³/mol. The average molecular weight is 261 g/mol. The summed E-state index contributed by atoms with van der Waals surface area (Å²) in [7, 11) is 0. The van der Waals surface area contributed by atoms with Crippen molar-refractivity contribution in [2.45, 2.75) is 46.6 Å². The van der Waals surface area contributed by atoms with Gasteiger partial charge in [-0.05, 0) is 62.8 Å². The van der Waals surface area contributed by atoms with Gasteiger partial charge in [-0.15, -0.1) is 0 Å². The first-order valence-corrected chi connectivity index (χ1v) is 7.45. The molecule has 106 valence electrons. The number of aliphatic hydroxyl groups excluding tert-OH is 1. The third-order valence-electron chi connectivity index (χ3n) is 4.24. The van der Waals surface area contributed by atoms with E-state index in [1.807, 2.05) is 0 Å². The number of aliphatic hydroxyl groups is 1. The van der Waals surface area contributed by atoms with Crippen LogP contribution in [0.3, 0.4) is 0 Å². The Balaban J connectivity index is 2.09. The van der Waals surface area contributed by atoms with E-state index in [1.54, 1.807) is 0 Å². The first-order valence-electron chi connectivity index (χ1n) is 7.45. The van der Waals surface area contributed by atoms with Crippen LogP contribution >= 0.6 is 0 Å². The van der Waals surface area contributed by atoms with E-state index in [1.165, 1.54) is 29.5 Å². The highest BCUT2D eigenvalue weighted by Crippen LogP contribution is 2.26. The van der Waals surface area contributed by atoms with Crippen LogP contribution < -0.4 is 0 Å². The minimum absolute atomic E-state index is 0.356. The number of nitrogens with zero attached hydrogens (tertiary/aromatic N) is 1. The molecule has 0 aromatic heterocycles. The smallest absolute Gasteiger partial charge is 0.0922 e. The Morgan fingerprint density at radius 3 is 2.47 bits per heavy atom. The van der Waals surface area contributed by atoms with Gasteiger partial charge in [-0.3, -0.25) is 0 Å². The zero-order valence-electron chi connectivity index (χ0n) is 12.7. The van der Waals surface area contributed by atoms with E-state index in [0.29, 0.717) is 0 Å². The zero-order chi connectivity index (χ0) is 14.0. The summed E-state index contributed by atoms with van der Waals surface area (Å²) in [4.78, 5) is 2.41. The van der Waals surface area contributed by atoms with Gasteiger partial charge in [0.15, 0.2) is 0 Å². The fourth-order valence-electron chi connectivity index (χ4n) is 3.51. The van der Waals surface area contributed by atoms with Gasteiger partial charge in [0.2, 0.25) is 0 Å². The molecule has 0 bridgehead atoms. The van der Waals surface area contributed by atoms with Crippen LogP contribution in [0, 0.1) is 26.7 Å². The molecule has 1 heterocycles. The molecule has 2 atom stereocenters. The molecule has 1 aliphatic heterocycles. The summed E-state index contributed by atoms with van der Waals surface area (Å²) >= 11 is 0. The van der Waals surface area contributed by atoms with Gasteiger partial charge in [-0.2, -0.15) is 0 Å². The van der Waals surface area contributed by atoms with E-state index >= 15 is 0 Å². The maximum absolute atomic E-state index is 10.6. The minimum Gasteiger partial charge on any atom is -0.387 e. The number of benzene rings is 1. The molecule has 0 saturated carbocycles. The van der Waals surface area contributed by atoms with Gasteiger partial charge in [-0.1, -0.05) is 24.6 Å². The molecule has 0 aliphatic carbocycles. The molecule has 0 amide bonds. The van der Waals surface area contributed by atoms with Crippen molar-refractivity contribution in [3.8, 4) is 0 Å². The number of piperidine rings is 1. The largest absolute Gasteiger partial charge is 0.387 e. The Morgan fingerprint density at radius 2 is 1.89 bits per heavy atom. The minimum atomic E-state index is -0.356. The van der Waals surface area contributed by atoms with E-state index in [-0.39, 0.29) is 6.10 Å². The van der Waals surface area contributed by atoms with Gasteiger partial charge >= 0.3 is 0 Å². The third-order valence-corrected chi connectivity index (χ3v) is 4.24. The second-order valence-corrected chi connectivity index (χ2v) is 6.34.